The van der Waals surface area contributed by atoms with Gasteiger partial charge in [0, 0.05) is 13.1 Å². The summed E-state index contributed by atoms with van der Waals surface area (Å²) in [6.07, 6.45) is 1.47. The fourth-order valence-electron chi connectivity index (χ4n) is 2.54. The van der Waals surface area contributed by atoms with E-state index in [-0.39, 0.29) is 18.8 Å². The van der Waals surface area contributed by atoms with Crippen LogP contribution in [0.15, 0.2) is 24.3 Å². The molecule has 3 nitrogen and oxygen atoms in total. The average molecular weight is 235 g/mol. The predicted octanol–water partition coefficient (Wildman–Crippen LogP) is 1.35. The Morgan fingerprint density at radius 1 is 1.41 bits per heavy atom. The van der Waals surface area contributed by atoms with Crippen LogP contribution in [0.3, 0.4) is 0 Å². The Morgan fingerprint density at radius 2 is 2.18 bits per heavy atom. The molecular weight excluding hydrogens is 214 g/mol. The van der Waals surface area contributed by atoms with Crippen molar-refractivity contribution in [2.45, 2.75) is 31.9 Å². The SMILES string of the molecule is CCC(O)CN1CCc2ccccc2C1CO. The molecule has 2 N–H and O–H groups in total. The van der Waals surface area contributed by atoms with Gasteiger partial charge in [-0.1, -0.05) is 31.2 Å². The predicted molar refractivity (Wildman–Crippen MR) is 67.8 cm³/mol. The first-order valence-electron chi connectivity index (χ1n) is 6.37. The molecule has 2 unspecified atom stereocenters. The van der Waals surface area contributed by atoms with Gasteiger partial charge in [-0.2, -0.15) is 0 Å². The van der Waals surface area contributed by atoms with Gasteiger partial charge in [0.05, 0.1) is 18.8 Å². The molecule has 0 amide bonds. The van der Waals surface area contributed by atoms with Crippen molar-refractivity contribution in [2.75, 3.05) is 19.7 Å². The van der Waals surface area contributed by atoms with Gasteiger partial charge in [0.15, 0.2) is 0 Å². The van der Waals surface area contributed by atoms with Crippen molar-refractivity contribution in [1.29, 1.82) is 0 Å². The van der Waals surface area contributed by atoms with Crippen LogP contribution in [0.2, 0.25) is 0 Å². The van der Waals surface area contributed by atoms with E-state index in [1.165, 1.54) is 11.1 Å². The van der Waals surface area contributed by atoms with Crippen LogP contribution in [-0.2, 0) is 6.42 Å². The largest absolute Gasteiger partial charge is 0.394 e. The van der Waals surface area contributed by atoms with E-state index in [1.54, 1.807) is 0 Å². The Bertz CT molecular complexity index is 367. The molecule has 17 heavy (non-hydrogen) atoms. The highest BCUT2D eigenvalue weighted by atomic mass is 16.3. The molecule has 1 aliphatic heterocycles. The Labute approximate surface area is 103 Å². The van der Waals surface area contributed by atoms with Gasteiger partial charge < -0.3 is 10.2 Å². The number of aliphatic hydroxyl groups excluding tert-OH is 2. The minimum atomic E-state index is -0.297. The summed E-state index contributed by atoms with van der Waals surface area (Å²) in [6, 6.07) is 8.32. The summed E-state index contributed by atoms with van der Waals surface area (Å²) >= 11 is 0. The van der Waals surface area contributed by atoms with Crippen LogP contribution in [0.4, 0.5) is 0 Å². The van der Waals surface area contributed by atoms with Gasteiger partial charge >= 0.3 is 0 Å². The summed E-state index contributed by atoms with van der Waals surface area (Å²) in [4.78, 5) is 2.19. The van der Waals surface area contributed by atoms with E-state index in [0.717, 1.165) is 19.4 Å². The van der Waals surface area contributed by atoms with E-state index in [1.807, 2.05) is 19.1 Å². The highest BCUT2D eigenvalue weighted by Gasteiger charge is 2.27. The van der Waals surface area contributed by atoms with Gasteiger partial charge in [-0.05, 0) is 24.0 Å². The van der Waals surface area contributed by atoms with Crippen LogP contribution in [0.1, 0.15) is 30.5 Å². The zero-order valence-electron chi connectivity index (χ0n) is 10.3. The quantitative estimate of drug-likeness (QED) is 0.828. The fraction of sp³-hybridized carbons (Fsp3) is 0.571. The molecule has 0 bridgehead atoms. The number of fused-ring (bicyclic) bond motifs is 1. The lowest BCUT2D eigenvalue weighted by Crippen LogP contribution is -2.41. The Hall–Kier alpha value is -0.900. The normalized spacial score (nSPS) is 22.2. The molecule has 0 fully saturated rings. The topological polar surface area (TPSA) is 43.7 Å². The zero-order chi connectivity index (χ0) is 12.3. The summed E-state index contributed by atoms with van der Waals surface area (Å²) < 4.78 is 0. The number of rotatable bonds is 4. The monoisotopic (exact) mass is 235 g/mol. The van der Waals surface area contributed by atoms with Crippen LogP contribution in [-0.4, -0.2) is 40.9 Å². The third kappa shape index (κ3) is 2.68. The van der Waals surface area contributed by atoms with Crippen molar-refractivity contribution in [2.24, 2.45) is 0 Å². The molecule has 1 heterocycles. The molecule has 0 radical (unpaired) electrons. The van der Waals surface area contributed by atoms with Gasteiger partial charge in [-0.25, -0.2) is 0 Å². The molecule has 3 heteroatoms. The number of aliphatic hydroxyl groups is 2. The number of β-amino-alcohol motifs (C(OH)–C–C–N with tert-alkyl or cyclic N) is 1. The Balaban J connectivity index is 2.17. The fourth-order valence-corrected chi connectivity index (χ4v) is 2.54. The molecular formula is C14H21NO2. The summed E-state index contributed by atoms with van der Waals surface area (Å²) in [5.74, 6) is 0. The van der Waals surface area contributed by atoms with Crippen molar-refractivity contribution in [1.82, 2.24) is 4.90 Å². The maximum Gasteiger partial charge on any atom is 0.0664 e. The van der Waals surface area contributed by atoms with E-state index < -0.39 is 0 Å². The maximum absolute atomic E-state index is 9.75. The van der Waals surface area contributed by atoms with Crippen molar-refractivity contribution < 1.29 is 10.2 Å². The van der Waals surface area contributed by atoms with E-state index in [2.05, 4.69) is 17.0 Å². The van der Waals surface area contributed by atoms with Gasteiger partial charge in [0.1, 0.15) is 0 Å². The highest BCUT2D eigenvalue weighted by Crippen LogP contribution is 2.29. The van der Waals surface area contributed by atoms with Gasteiger partial charge in [-0.15, -0.1) is 0 Å². The molecule has 2 atom stereocenters. The number of hydrogen-bond donors (Lipinski definition) is 2. The molecule has 0 aliphatic carbocycles. The van der Waals surface area contributed by atoms with Gasteiger partial charge in [0.2, 0.25) is 0 Å². The highest BCUT2D eigenvalue weighted by molar-refractivity contribution is 5.32. The van der Waals surface area contributed by atoms with Crippen molar-refractivity contribution in [3.05, 3.63) is 35.4 Å². The van der Waals surface area contributed by atoms with Crippen LogP contribution in [0, 0.1) is 0 Å². The second-order valence-electron chi connectivity index (χ2n) is 4.70. The van der Waals surface area contributed by atoms with Crippen molar-refractivity contribution >= 4 is 0 Å². The summed E-state index contributed by atoms with van der Waals surface area (Å²) in [5.41, 5.74) is 2.54. The Morgan fingerprint density at radius 3 is 2.88 bits per heavy atom. The molecule has 2 rings (SSSR count). The number of hydrogen-bond acceptors (Lipinski definition) is 3. The Kier molecular flexibility index (Phi) is 4.15. The third-order valence-corrected chi connectivity index (χ3v) is 3.61. The third-order valence-electron chi connectivity index (χ3n) is 3.61. The molecule has 1 aromatic rings. The summed E-state index contributed by atoms with van der Waals surface area (Å²) in [7, 11) is 0. The molecule has 0 saturated carbocycles. The minimum absolute atomic E-state index is 0.0427. The van der Waals surface area contributed by atoms with Crippen molar-refractivity contribution in [3.63, 3.8) is 0 Å². The lowest BCUT2D eigenvalue weighted by molar-refractivity contribution is 0.0550. The van der Waals surface area contributed by atoms with Crippen molar-refractivity contribution in [3.8, 4) is 0 Å². The van der Waals surface area contributed by atoms with E-state index in [0.29, 0.717) is 6.54 Å². The second kappa shape index (κ2) is 5.63. The minimum Gasteiger partial charge on any atom is -0.394 e. The van der Waals surface area contributed by atoms with E-state index in [4.69, 9.17) is 0 Å². The standard InChI is InChI=1S/C14H21NO2/c1-2-12(17)9-15-8-7-11-5-3-4-6-13(11)14(15)10-16/h3-6,12,14,16-17H,2,7-10H2,1H3. The van der Waals surface area contributed by atoms with Gasteiger partial charge in [-0.3, -0.25) is 4.90 Å². The smallest absolute Gasteiger partial charge is 0.0664 e. The lowest BCUT2D eigenvalue weighted by atomic mass is 9.92. The zero-order valence-corrected chi connectivity index (χ0v) is 10.3. The van der Waals surface area contributed by atoms with Crippen LogP contribution < -0.4 is 0 Å². The van der Waals surface area contributed by atoms with Crippen LogP contribution >= 0.6 is 0 Å². The first kappa shape index (κ1) is 12.6. The maximum atomic E-state index is 9.75. The molecule has 0 spiro atoms. The first-order chi connectivity index (χ1) is 8.26. The average Bonchev–Trinajstić information content (AvgIpc) is 2.38. The molecule has 94 valence electrons. The molecule has 0 saturated heterocycles. The summed E-state index contributed by atoms with van der Waals surface area (Å²) in [5, 5.41) is 19.3. The molecule has 0 aromatic heterocycles. The number of nitrogens with zero attached hydrogens (tertiary/aromatic N) is 1. The van der Waals surface area contributed by atoms with Crippen LogP contribution in [0.25, 0.3) is 0 Å². The van der Waals surface area contributed by atoms with E-state index >= 15 is 0 Å². The second-order valence-corrected chi connectivity index (χ2v) is 4.70. The molecule has 1 aromatic carbocycles. The lowest BCUT2D eigenvalue weighted by Gasteiger charge is -2.37. The van der Waals surface area contributed by atoms with Gasteiger partial charge in [0.25, 0.3) is 0 Å². The number of benzene rings is 1. The van der Waals surface area contributed by atoms with Crippen LogP contribution in [0.5, 0.6) is 0 Å². The first-order valence-corrected chi connectivity index (χ1v) is 6.37. The molecule has 1 aliphatic rings. The van der Waals surface area contributed by atoms with E-state index in [9.17, 15) is 10.2 Å². The summed E-state index contributed by atoms with van der Waals surface area (Å²) in [6.45, 7) is 3.67.